The van der Waals surface area contributed by atoms with E-state index in [1.807, 2.05) is 37.4 Å². The topological polar surface area (TPSA) is 46.5 Å². The van der Waals surface area contributed by atoms with Crippen LogP contribution in [0.4, 0.5) is 0 Å². The maximum Gasteiger partial charge on any atom is 0.339 e. The highest BCUT2D eigenvalue weighted by molar-refractivity contribution is 7.13. The Kier molecular flexibility index (Phi) is 3.67. The molecule has 1 aromatic carbocycles. The van der Waals surface area contributed by atoms with E-state index in [-0.39, 0.29) is 11.7 Å². The Balaban J connectivity index is 2.43. The number of hydrogen-bond donors (Lipinski definition) is 1. The summed E-state index contributed by atoms with van der Waals surface area (Å²) in [6, 6.07) is 9.17. The molecule has 1 aromatic heterocycles. The zero-order valence-electron chi connectivity index (χ0n) is 10.2. The molecule has 3 nitrogen and oxygen atoms in total. The van der Waals surface area contributed by atoms with Gasteiger partial charge in [0.1, 0.15) is 11.3 Å². The van der Waals surface area contributed by atoms with Gasteiger partial charge in [0.15, 0.2) is 0 Å². The molecule has 94 valence electrons. The number of aromatic carboxylic acids is 1. The summed E-state index contributed by atoms with van der Waals surface area (Å²) in [4.78, 5) is 12.3. The van der Waals surface area contributed by atoms with Gasteiger partial charge in [0, 0.05) is 4.88 Å². The van der Waals surface area contributed by atoms with Crippen molar-refractivity contribution in [1.29, 1.82) is 0 Å². The van der Waals surface area contributed by atoms with E-state index < -0.39 is 5.97 Å². The minimum Gasteiger partial charge on any atom is -0.490 e. The summed E-state index contributed by atoms with van der Waals surface area (Å²) >= 11 is 1.58. The normalized spacial score (nSPS) is 10.6. The van der Waals surface area contributed by atoms with E-state index in [0.29, 0.717) is 5.75 Å². The first-order valence-electron chi connectivity index (χ1n) is 5.66. The molecule has 18 heavy (non-hydrogen) atoms. The molecule has 0 spiro atoms. The second-order valence-electron chi connectivity index (χ2n) is 4.16. The average molecular weight is 262 g/mol. The summed E-state index contributed by atoms with van der Waals surface area (Å²) in [5.74, 6) is -0.554. The molecule has 4 heteroatoms. The first kappa shape index (κ1) is 12.6. The first-order chi connectivity index (χ1) is 8.58. The van der Waals surface area contributed by atoms with Crippen LogP contribution in [0.3, 0.4) is 0 Å². The highest BCUT2D eigenvalue weighted by Gasteiger charge is 2.14. The zero-order valence-corrected chi connectivity index (χ0v) is 11.0. The average Bonchev–Trinajstić information content (AvgIpc) is 2.82. The fraction of sp³-hybridized carbons (Fsp3) is 0.214. The number of rotatable bonds is 4. The Hall–Kier alpha value is -1.81. The van der Waals surface area contributed by atoms with E-state index in [2.05, 4.69) is 0 Å². The standard InChI is InChI=1S/C14H14O3S/c1-9(2)17-12-6-5-10(8-11(12)14(15)16)13-4-3-7-18-13/h3-9H,1-2H3,(H,15,16). The summed E-state index contributed by atoms with van der Waals surface area (Å²) in [6.45, 7) is 3.75. The number of hydrogen-bond acceptors (Lipinski definition) is 3. The molecule has 0 aliphatic heterocycles. The molecule has 0 bridgehead atoms. The highest BCUT2D eigenvalue weighted by Crippen LogP contribution is 2.30. The number of carbonyl (C=O) groups is 1. The van der Waals surface area contributed by atoms with Gasteiger partial charge in [0.2, 0.25) is 0 Å². The van der Waals surface area contributed by atoms with E-state index >= 15 is 0 Å². The molecular formula is C14H14O3S. The van der Waals surface area contributed by atoms with Crippen molar-refractivity contribution in [3.05, 3.63) is 41.3 Å². The van der Waals surface area contributed by atoms with Gasteiger partial charge in [-0.3, -0.25) is 0 Å². The third-order valence-electron chi connectivity index (χ3n) is 2.38. The van der Waals surface area contributed by atoms with Gasteiger partial charge in [-0.05, 0) is 49.1 Å². The maximum absolute atomic E-state index is 11.2. The quantitative estimate of drug-likeness (QED) is 0.909. The van der Waals surface area contributed by atoms with Crippen LogP contribution in [0, 0.1) is 0 Å². The first-order valence-corrected chi connectivity index (χ1v) is 6.54. The highest BCUT2D eigenvalue weighted by atomic mass is 32.1. The molecule has 2 aromatic rings. The van der Waals surface area contributed by atoms with Crippen molar-refractivity contribution in [2.24, 2.45) is 0 Å². The van der Waals surface area contributed by atoms with Crippen molar-refractivity contribution in [3.63, 3.8) is 0 Å². The zero-order chi connectivity index (χ0) is 13.1. The van der Waals surface area contributed by atoms with Crippen LogP contribution in [0.25, 0.3) is 10.4 Å². The Morgan fingerprint density at radius 1 is 1.33 bits per heavy atom. The van der Waals surface area contributed by atoms with Crippen LogP contribution < -0.4 is 4.74 Å². The second kappa shape index (κ2) is 5.23. The Bertz CT molecular complexity index is 544. The van der Waals surface area contributed by atoms with Crippen molar-refractivity contribution in [2.45, 2.75) is 20.0 Å². The van der Waals surface area contributed by atoms with E-state index in [9.17, 15) is 9.90 Å². The van der Waals surface area contributed by atoms with Crippen LogP contribution in [-0.4, -0.2) is 17.2 Å². The molecular weight excluding hydrogens is 248 g/mol. The fourth-order valence-corrected chi connectivity index (χ4v) is 2.37. The lowest BCUT2D eigenvalue weighted by Gasteiger charge is -2.13. The minimum absolute atomic E-state index is 0.0457. The van der Waals surface area contributed by atoms with E-state index in [4.69, 9.17) is 4.74 Å². The lowest BCUT2D eigenvalue weighted by molar-refractivity contribution is 0.0690. The molecule has 1 heterocycles. The summed E-state index contributed by atoms with van der Waals surface area (Å²) in [5.41, 5.74) is 1.10. The van der Waals surface area contributed by atoms with Crippen LogP contribution >= 0.6 is 11.3 Å². The number of benzene rings is 1. The van der Waals surface area contributed by atoms with Gasteiger partial charge < -0.3 is 9.84 Å². The third kappa shape index (κ3) is 2.71. The smallest absolute Gasteiger partial charge is 0.339 e. The van der Waals surface area contributed by atoms with Crippen LogP contribution in [0.2, 0.25) is 0 Å². The summed E-state index contributed by atoms with van der Waals surface area (Å²) < 4.78 is 5.50. The van der Waals surface area contributed by atoms with Gasteiger partial charge in [-0.15, -0.1) is 11.3 Å². The molecule has 2 rings (SSSR count). The van der Waals surface area contributed by atoms with Crippen molar-refractivity contribution in [3.8, 4) is 16.2 Å². The SMILES string of the molecule is CC(C)Oc1ccc(-c2cccs2)cc1C(=O)O. The summed E-state index contributed by atoms with van der Waals surface area (Å²) in [7, 11) is 0. The summed E-state index contributed by atoms with van der Waals surface area (Å²) in [6.07, 6.45) is -0.0457. The van der Waals surface area contributed by atoms with Crippen molar-refractivity contribution in [1.82, 2.24) is 0 Å². The molecule has 0 aliphatic rings. The Labute approximate surface area is 110 Å². The molecule has 0 saturated heterocycles. The molecule has 0 atom stereocenters. The van der Waals surface area contributed by atoms with E-state index in [0.717, 1.165) is 10.4 Å². The van der Waals surface area contributed by atoms with Crippen LogP contribution in [0.15, 0.2) is 35.7 Å². The predicted molar refractivity (Wildman–Crippen MR) is 72.5 cm³/mol. The van der Waals surface area contributed by atoms with Crippen LogP contribution in [-0.2, 0) is 0 Å². The Morgan fingerprint density at radius 3 is 2.67 bits per heavy atom. The maximum atomic E-state index is 11.2. The lowest BCUT2D eigenvalue weighted by atomic mass is 10.1. The van der Waals surface area contributed by atoms with Crippen LogP contribution in [0.5, 0.6) is 5.75 Å². The third-order valence-corrected chi connectivity index (χ3v) is 3.30. The molecule has 0 aliphatic carbocycles. The summed E-state index contributed by atoms with van der Waals surface area (Å²) in [5, 5.41) is 11.2. The van der Waals surface area contributed by atoms with Gasteiger partial charge in [-0.1, -0.05) is 6.07 Å². The molecule has 0 radical (unpaired) electrons. The number of thiophene rings is 1. The number of carboxylic acids is 1. The molecule has 0 amide bonds. The predicted octanol–water partition coefficient (Wildman–Crippen LogP) is 3.90. The molecule has 1 N–H and O–H groups in total. The Morgan fingerprint density at radius 2 is 2.11 bits per heavy atom. The van der Waals surface area contributed by atoms with Crippen molar-refractivity contribution >= 4 is 17.3 Å². The van der Waals surface area contributed by atoms with Gasteiger partial charge in [-0.2, -0.15) is 0 Å². The second-order valence-corrected chi connectivity index (χ2v) is 5.11. The minimum atomic E-state index is -0.968. The monoisotopic (exact) mass is 262 g/mol. The molecule has 0 saturated carbocycles. The largest absolute Gasteiger partial charge is 0.490 e. The van der Waals surface area contributed by atoms with Gasteiger partial charge in [0.25, 0.3) is 0 Å². The fourth-order valence-electron chi connectivity index (χ4n) is 1.65. The van der Waals surface area contributed by atoms with Crippen LogP contribution in [0.1, 0.15) is 24.2 Å². The van der Waals surface area contributed by atoms with Crippen molar-refractivity contribution < 1.29 is 14.6 Å². The van der Waals surface area contributed by atoms with Gasteiger partial charge >= 0.3 is 5.97 Å². The van der Waals surface area contributed by atoms with Gasteiger partial charge in [-0.25, -0.2) is 4.79 Å². The number of carboxylic acid groups (broad SMARTS) is 1. The van der Waals surface area contributed by atoms with E-state index in [1.54, 1.807) is 23.5 Å². The molecule has 0 unspecified atom stereocenters. The molecule has 0 fully saturated rings. The van der Waals surface area contributed by atoms with Gasteiger partial charge in [0.05, 0.1) is 6.10 Å². The number of ether oxygens (including phenoxy) is 1. The van der Waals surface area contributed by atoms with Crippen molar-refractivity contribution in [2.75, 3.05) is 0 Å². The van der Waals surface area contributed by atoms with E-state index in [1.165, 1.54) is 0 Å². The lowest BCUT2D eigenvalue weighted by Crippen LogP contribution is -2.09.